The molecule has 0 unspecified atom stereocenters. The summed E-state index contributed by atoms with van der Waals surface area (Å²) in [6.07, 6.45) is 1.78. The van der Waals surface area contributed by atoms with Crippen molar-refractivity contribution in [1.29, 1.82) is 5.41 Å². The highest BCUT2D eigenvalue weighted by molar-refractivity contribution is 6.33. The van der Waals surface area contributed by atoms with Crippen molar-refractivity contribution in [2.75, 3.05) is 11.4 Å². The predicted octanol–water partition coefficient (Wildman–Crippen LogP) is 3.05. The van der Waals surface area contributed by atoms with E-state index in [1.807, 2.05) is 30.3 Å². The van der Waals surface area contributed by atoms with Crippen LogP contribution in [0.15, 0.2) is 42.6 Å². The minimum Gasteiger partial charge on any atom is -0.384 e. The molecule has 0 fully saturated rings. The molecule has 0 saturated carbocycles. The maximum atomic E-state index is 7.43. The fraction of sp³-hybridized carbons (Fsp3) is 0.200. The number of nitrogens with one attached hydrogen (secondary N) is 1. The molecule has 5 heteroatoms. The van der Waals surface area contributed by atoms with Gasteiger partial charge < -0.3 is 10.6 Å². The van der Waals surface area contributed by atoms with Crippen LogP contribution in [0, 0.1) is 5.41 Å². The topological polar surface area (TPSA) is 66.0 Å². The molecule has 2 aromatic rings. The smallest absolute Gasteiger partial charge is 0.122 e. The highest BCUT2D eigenvalue weighted by Gasteiger charge is 2.11. The zero-order valence-corrected chi connectivity index (χ0v) is 12.1. The van der Waals surface area contributed by atoms with E-state index >= 15 is 0 Å². The van der Waals surface area contributed by atoms with E-state index < -0.39 is 0 Å². The fourth-order valence-corrected chi connectivity index (χ4v) is 2.29. The third-order valence-electron chi connectivity index (χ3n) is 3.06. The number of amidine groups is 1. The second-order valence-corrected chi connectivity index (χ2v) is 4.82. The Kier molecular flexibility index (Phi) is 4.58. The van der Waals surface area contributed by atoms with Crippen LogP contribution in [0.5, 0.6) is 0 Å². The Labute approximate surface area is 123 Å². The van der Waals surface area contributed by atoms with E-state index in [2.05, 4.69) is 16.8 Å². The fourth-order valence-electron chi connectivity index (χ4n) is 1.99. The summed E-state index contributed by atoms with van der Waals surface area (Å²) in [6.45, 7) is 3.57. The maximum absolute atomic E-state index is 7.43. The molecular formula is C15H17ClN4. The van der Waals surface area contributed by atoms with Crippen LogP contribution in [0.4, 0.5) is 5.69 Å². The van der Waals surface area contributed by atoms with Gasteiger partial charge in [0, 0.05) is 18.3 Å². The van der Waals surface area contributed by atoms with Gasteiger partial charge in [-0.3, -0.25) is 10.4 Å². The van der Waals surface area contributed by atoms with Crippen molar-refractivity contribution in [2.24, 2.45) is 5.73 Å². The lowest BCUT2D eigenvalue weighted by atomic mass is 10.1. The molecular weight excluding hydrogens is 272 g/mol. The minimum absolute atomic E-state index is 0.0197. The largest absolute Gasteiger partial charge is 0.384 e. The van der Waals surface area contributed by atoms with Gasteiger partial charge >= 0.3 is 0 Å². The lowest BCUT2D eigenvalue weighted by Gasteiger charge is -2.24. The van der Waals surface area contributed by atoms with Crippen LogP contribution in [0.3, 0.4) is 0 Å². The number of aromatic nitrogens is 1. The molecule has 20 heavy (non-hydrogen) atoms. The molecule has 1 aromatic carbocycles. The van der Waals surface area contributed by atoms with Crippen LogP contribution in [-0.2, 0) is 6.54 Å². The molecule has 0 bridgehead atoms. The quantitative estimate of drug-likeness (QED) is 0.656. The Morgan fingerprint density at radius 3 is 2.70 bits per heavy atom. The highest BCUT2D eigenvalue weighted by atomic mass is 35.5. The first-order valence-corrected chi connectivity index (χ1v) is 6.78. The van der Waals surface area contributed by atoms with E-state index in [1.54, 1.807) is 12.3 Å². The molecule has 0 atom stereocenters. The van der Waals surface area contributed by atoms with Crippen LogP contribution in [0.2, 0.25) is 5.02 Å². The van der Waals surface area contributed by atoms with Crippen LogP contribution in [0.1, 0.15) is 18.2 Å². The van der Waals surface area contributed by atoms with Gasteiger partial charge in [0.1, 0.15) is 5.84 Å². The van der Waals surface area contributed by atoms with Crippen LogP contribution in [0.25, 0.3) is 0 Å². The lowest BCUT2D eigenvalue weighted by molar-refractivity contribution is 0.810. The summed E-state index contributed by atoms with van der Waals surface area (Å²) >= 11 is 6.30. The summed E-state index contributed by atoms with van der Waals surface area (Å²) in [5.74, 6) is 0.0197. The maximum Gasteiger partial charge on any atom is 0.122 e. The zero-order chi connectivity index (χ0) is 14.5. The summed E-state index contributed by atoms with van der Waals surface area (Å²) in [7, 11) is 0. The number of nitrogens with two attached hydrogens (primary N) is 1. The molecule has 0 aliphatic rings. The monoisotopic (exact) mass is 288 g/mol. The average molecular weight is 289 g/mol. The molecule has 0 amide bonds. The highest BCUT2D eigenvalue weighted by Crippen LogP contribution is 2.27. The number of nitrogen functional groups attached to an aromatic ring is 1. The molecule has 4 nitrogen and oxygen atoms in total. The number of benzene rings is 1. The second kappa shape index (κ2) is 6.39. The molecule has 0 saturated heterocycles. The summed E-state index contributed by atoms with van der Waals surface area (Å²) in [4.78, 5) is 6.46. The molecule has 0 radical (unpaired) electrons. The van der Waals surface area contributed by atoms with Crippen LogP contribution in [-0.4, -0.2) is 17.4 Å². The summed E-state index contributed by atoms with van der Waals surface area (Å²) in [5.41, 5.74) is 8.01. The van der Waals surface area contributed by atoms with Crippen LogP contribution < -0.4 is 10.6 Å². The lowest BCUT2D eigenvalue weighted by Crippen LogP contribution is -2.23. The number of halogens is 1. The van der Waals surface area contributed by atoms with Gasteiger partial charge in [0.05, 0.1) is 22.9 Å². The number of rotatable bonds is 5. The van der Waals surface area contributed by atoms with Gasteiger partial charge in [-0.25, -0.2) is 0 Å². The van der Waals surface area contributed by atoms with Gasteiger partial charge in [-0.1, -0.05) is 17.7 Å². The average Bonchev–Trinajstić information content (AvgIpc) is 2.46. The second-order valence-electron chi connectivity index (χ2n) is 4.42. The number of hydrogen-bond acceptors (Lipinski definition) is 3. The van der Waals surface area contributed by atoms with Crippen molar-refractivity contribution in [3.05, 3.63) is 58.9 Å². The van der Waals surface area contributed by atoms with Crippen molar-refractivity contribution >= 4 is 23.1 Å². The third kappa shape index (κ3) is 3.27. The Hall–Kier alpha value is -2.07. The third-order valence-corrected chi connectivity index (χ3v) is 3.36. The molecule has 2 rings (SSSR count). The van der Waals surface area contributed by atoms with Crippen molar-refractivity contribution in [3.63, 3.8) is 0 Å². The summed E-state index contributed by atoms with van der Waals surface area (Å²) in [5, 5.41) is 8.02. The standard InChI is InChI=1S/C15H17ClN4/c1-2-20(10-12-5-3-4-8-19-12)14-7-6-11(15(17)18)9-13(14)16/h3-9H,2,10H2,1H3,(H3,17,18). The first-order chi connectivity index (χ1) is 9.61. The number of nitrogens with zero attached hydrogens (tertiary/aromatic N) is 2. The molecule has 104 valence electrons. The molecule has 0 aliphatic carbocycles. The number of hydrogen-bond donors (Lipinski definition) is 2. The Bertz CT molecular complexity index is 598. The molecule has 1 aromatic heterocycles. The summed E-state index contributed by atoms with van der Waals surface area (Å²) < 4.78 is 0. The van der Waals surface area contributed by atoms with Gasteiger partial charge in [-0.2, -0.15) is 0 Å². The van der Waals surface area contributed by atoms with E-state index in [-0.39, 0.29) is 5.84 Å². The van der Waals surface area contributed by atoms with Crippen LogP contribution >= 0.6 is 11.6 Å². The molecule has 3 N–H and O–H groups in total. The van der Waals surface area contributed by atoms with E-state index in [0.29, 0.717) is 17.1 Å². The van der Waals surface area contributed by atoms with Gasteiger partial charge in [0.25, 0.3) is 0 Å². The number of pyridine rings is 1. The molecule has 0 spiro atoms. The van der Waals surface area contributed by atoms with E-state index in [1.165, 1.54) is 0 Å². The van der Waals surface area contributed by atoms with Gasteiger partial charge in [0.2, 0.25) is 0 Å². The van der Waals surface area contributed by atoms with Gasteiger partial charge in [-0.15, -0.1) is 0 Å². The van der Waals surface area contributed by atoms with E-state index in [0.717, 1.165) is 17.9 Å². The van der Waals surface area contributed by atoms with E-state index in [9.17, 15) is 0 Å². The zero-order valence-electron chi connectivity index (χ0n) is 11.3. The summed E-state index contributed by atoms with van der Waals surface area (Å²) in [6, 6.07) is 11.3. The molecule has 1 heterocycles. The van der Waals surface area contributed by atoms with Crippen molar-refractivity contribution in [1.82, 2.24) is 4.98 Å². The Balaban J connectivity index is 2.26. The number of anilines is 1. The van der Waals surface area contributed by atoms with Crippen molar-refractivity contribution in [2.45, 2.75) is 13.5 Å². The van der Waals surface area contributed by atoms with Crippen molar-refractivity contribution < 1.29 is 0 Å². The van der Waals surface area contributed by atoms with Crippen molar-refractivity contribution in [3.8, 4) is 0 Å². The predicted molar refractivity (Wildman–Crippen MR) is 83.4 cm³/mol. The van der Waals surface area contributed by atoms with E-state index in [4.69, 9.17) is 22.7 Å². The SMILES string of the molecule is CCN(Cc1ccccn1)c1ccc(C(=N)N)cc1Cl. The minimum atomic E-state index is 0.0197. The normalized spacial score (nSPS) is 10.3. The Morgan fingerprint density at radius 1 is 1.35 bits per heavy atom. The first kappa shape index (κ1) is 14.3. The van der Waals surface area contributed by atoms with Gasteiger partial charge in [-0.05, 0) is 37.3 Å². The molecule has 0 aliphatic heterocycles. The first-order valence-electron chi connectivity index (χ1n) is 6.40. The van der Waals surface area contributed by atoms with Gasteiger partial charge in [0.15, 0.2) is 0 Å². The Morgan fingerprint density at radius 2 is 2.15 bits per heavy atom.